The summed E-state index contributed by atoms with van der Waals surface area (Å²) in [5, 5.41) is 16.7. The Morgan fingerprint density at radius 3 is 2.56 bits per heavy atom. The van der Waals surface area contributed by atoms with E-state index in [9.17, 15) is 14.9 Å². The number of non-ortho nitro benzene ring substituents is 1. The van der Waals surface area contributed by atoms with Gasteiger partial charge in [0.2, 0.25) is 4.77 Å². The van der Waals surface area contributed by atoms with Crippen molar-refractivity contribution in [2.75, 3.05) is 5.84 Å². The van der Waals surface area contributed by atoms with Gasteiger partial charge in [0.1, 0.15) is 0 Å². The first-order chi connectivity index (χ1) is 8.50. The lowest BCUT2D eigenvalue weighted by Crippen LogP contribution is -2.30. The Kier molecular flexibility index (Phi) is 2.90. The molecule has 0 saturated heterocycles. The summed E-state index contributed by atoms with van der Waals surface area (Å²) in [6.45, 7) is 0. The van der Waals surface area contributed by atoms with E-state index in [-0.39, 0.29) is 16.2 Å². The van der Waals surface area contributed by atoms with Crippen LogP contribution in [0.2, 0.25) is 0 Å². The Labute approximate surface area is 105 Å². The van der Waals surface area contributed by atoms with Crippen LogP contribution in [0.5, 0.6) is 0 Å². The van der Waals surface area contributed by atoms with Crippen LogP contribution in [-0.2, 0) is 0 Å². The van der Waals surface area contributed by atoms with Gasteiger partial charge in [-0.15, -0.1) is 0 Å². The molecule has 0 unspecified atom stereocenters. The van der Waals surface area contributed by atoms with Gasteiger partial charge in [-0.3, -0.25) is 20.0 Å². The van der Waals surface area contributed by atoms with Gasteiger partial charge in [0.15, 0.2) is 5.69 Å². The molecule has 0 aliphatic carbocycles. The van der Waals surface area contributed by atoms with Crippen molar-refractivity contribution in [3.8, 4) is 11.3 Å². The van der Waals surface area contributed by atoms with E-state index in [1.54, 1.807) is 0 Å². The first-order valence-corrected chi connectivity index (χ1v) is 5.13. The van der Waals surface area contributed by atoms with Crippen LogP contribution in [0.3, 0.4) is 0 Å². The molecule has 9 heteroatoms. The molecule has 0 radical (unpaired) electrons. The van der Waals surface area contributed by atoms with Gasteiger partial charge >= 0.3 is 0 Å². The molecule has 0 aliphatic rings. The van der Waals surface area contributed by atoms with Gasteiger partial charge in [-0.25, -0.2) is 0 Å². The summed E-state index contributed by atoms with van der Waals surface area (Å²) >= 11 is 4.74. The lowest BCUT2D eigenvalue weighted by molar-refractivity contribution is -0.384. The molecule has 2 rings (SSSR count). The molecule has 92 valence electrons. The van der Waals surface area contributed by atoms with Crippen LogP contribution >= 0.6 is 12.2 Å². The number of benzene rings is 1. The fourth-order valence-corrected chi connectivity index (χ4v) is 1.47. The summed E-state index contributed by atoms with van der Waals surface area (Å²) in [4.78, 5) is 21.7. The number of nitrogens with two attached hydrogens (primary N) is 1. The monoisotopic (exact) mass is 265 g/mol. The van der Waals surface area contributed by atoms with Gasteiger partial charge in [-0.05, 0) is 24.4 Å². The van der Waals surface area contributed by atoms with Gasteiger partial charge < -0.3 is 5.84 Å². The summed E-state index contributed by atoms with van der Waals surface area (Å²) in [6.07, 6.45) is 0. The quantitative estimate of drug-likeness (QED) is 0.355. The Balaban J connectivity index is 2.56. The van der Waals surface area contributed by atoms with Crippen LogP contribution in [0.25, 0.3) is 11.3 Å². The predicted octanol–water partition coefficient (Wildman–Crippen LogP) is 0.590. The molecule has 8 nitrogen and oxygen atoms in total. The fourth-order valence-electron chi connectivity index (χ4n) is 1.34. The van der Waals surface area contributed by atoms with Crippen molar-refractivity contribution in [1.82, 2.24) is 14.9 Å². The molecule has 0 aliphatic heterocycles. The van der Waals surface area contributed by atoms with Crippen molar-refractivity contribution >= 4 is 17.9 Å². The second-order valence-corrected chi connectivity index (χ2v) is 3.74. The highest BCUT2D eigenvalue weighted by atomic mass is 32.1. The van der Waals surface area contributed by atoms with Gasteiger partial charge in [0.25, 0.3) is 11.2 Å². The van der Waals surface area contributed by atoms with Crippen LogP contribution in [-0.4, -0.2) is 19.8 Å². The largest absolute Gasteiger partial charge is 0.334 e. The minimum absolute atomic E-state index is 0.00865. The fraction of sp³-hybridized carbons (Fsp3) is 0. The normalized spacial score (nSPS) is 10.2. The van der Waals surface area contributed by atoms with Crippen molar-refractivity contribution in [2.24, 2.45) is 0 Å². The maximum absolute atomic E-state index is 11.8. The number of nitrogen functional groups attached to an aromatic ring is 1. The number of nitrogens with zero attached hydrogens (tertiary/aromatic N) is 3. The number of nitro groups is 1. The lowest BCUT2D eigenvalue weighted by Gasteiger charge is -2.02. The van der Waals surface area contributed by atoms with Crippen LogP contribution in [0.1, 0.15) is 0 Å². The second-order valence-electron chi connectivity index (χ2n) is 3.36. The molecular weight excluding hydrogens is 258 g/mol. The van der Waals surface area contributed by atoms with E-state index in [4.69, 9.17) is 18.1 Å². The van der Waals surface area contributed by atoms with E-state index < -0.39 is 10.5 Å². The van der Waals surface area contributed by atoms with Crippen molar-refractivity contribution in [1.29, 1.82) is 0 Å². The maximum atomic E-state index is 11.8. The van der Waals surface area contributed by atoms with Gasteiger partial charge in [0, 0.05) is 17.7 Å². The smallest absolute Gasteiger partial charge is 0.299 e. The average molecular weight is 265 g/mol. The zero-order valence-corrected chi connectivity index (χ0v) is 9.68. The van der Waals surface area contributed by atoms with E-state index in [1.165, 1.54) is 24.3 Å². The van der Waals surface area contributed by atoms with Gasteiger partial charge in [-0.2, -0.15) is 9.77 Å². The highest BCUT2D eigenvalue weighted by Gasteiger charge is 2.10. The van der Waals surface area contributed by atoms with E-state index in [1.807, 2.05) is 0 Å². The second kappa shape index (κ2) is 4.37. The molecule has 18 heavy (non-hydrogen) atoms. The molecule has 1 heterocycles. The Morgan fingerprint density at radius 2 is 2.00 bits per heavy atom. The number of hydrogen-bond donors (Lipinski definition) is 2. The molecule has 0 spiro atoms. The van der Waals surface area contributed by atoms with E-state index in [2.05, 4.69) is 10.2 Å². The van der Waals surface area contributed by atoms with Crippen LogP contribution in [0, 0.1) is 14.9 Å². The predicted molar refractivity (Wildman–Crippen MR) is 65.9 cm³/mol. The topological polar surface area (TPSA) is 120 Å². The number of aromatic nitrogens is 3. The minimum atomic E-state index is -0.576. The van der Waals surface area contributed by atoms with Crippen LogP contribution in [0.15, 0.2) is 29.1 Å². The third-order valence-corrected chi connectivity index (χ3v) is 2.54. The Morgan fingerprint density at radius 1 is 1.39 bits per heavy atom. The average Bonchev–Trinajstić information content (AvgIpc) is 2.36. The minimum Gasteiger partial charge on any atom is -0.334 e. The number of rotatable bonds is 2. The van der Waals surface area contributed by atoms with Crippen molar-refractivity contribution in [2.45, 2.75) is 0 Å². The third kappa shape index (κ3) is 1.98. The standard InChI is InChI=1S/C9H7N5O3S/c10-13-8(15)7(11-12-9(13)18)5-1-3-6(4-2-5)14(16)17/h1-4H,10H2,(H,12,18). The molecule has 1 aromatic carbocycles. The number of nitro benzene ring substituents is 1. The number of nitrogens with one attached hydrogen (secondary N) is 1. The van der Waals surface area contributed by atoms with Crippen molar-refractivity contribution in [3.05, 3.63) is 49.5 Å². The molecule has 0 bridgehead atoms. The van der Waals surface area contributed by atoms with Crippen molar-refractivity contribution in [3.63, 3.8) is 0 Å². The zero-order chi connectivity index (χ0) is 13.3. The number of aromatic amines is 1. The third-order valence-electron chi connectivity index (χ3n) is 2.26. The molecule has 0 atom stereocenters. The Bertz CT molecular complexity index is 718. The number of hydrogen-bond acceptors (Lipinski definition) is 6. The van der Waals surface area contributed by atoms with Gasteiger partial charge in [0.05, 0.1) is 4.92 Å². The summed E-state index contributed by atoms with van der Waals surface area (Å²) in [5.41, 5.74) is -0.194. The SMILES string of the molecule is Nn1c(=S)[nH]nc(-c2ccc([N+](=O)[O-])cc2)c1=O. The summed E-state index contributed by atoms with van der Waals surface area (Å²) in [5.74, 6) is 5.42. The van der Waals surface area contributed by atoms with Crippen LogP contribution < -0.4 is 11.4 Å². The summed E-state index contributed by atoms with van der Waals surface area (Å²) < 4.78 is 0.740. The maximum Gasteiger partial charge on any atom is 0.299 e. The highest BCUT2D eigenvalue weighted by Crippen LogP contribution is 2.17. The highest BCUT2D eigenvalue weighted by molar-refractivity contribution is 7.71. The first kappa shape index (κ1) is 11.9. The molecule has 1 aromatic heterocycles. The zero-order valence-electron chi connectivity index (χ0n) is 8.86. The summed E-state index contributed by atoms with van der Waals surface area (Å²) in [7, 11) is 0. The molecule has 0 saturated carbocycles. The molecule has 0 fully saturated rings. The molecule has 0 amide bonds. The van der Waals surface area contributed by atoms with Crippen LogP contribution in [0.4, 0.5) is 5.69 Å². The molecule has 2 aromatic rings. The van der Waals surface area contributed by atoms with E-state index in [0.717, 1.165) is 4.68 Å². The van der Waals surface area contributed by atoms with Gasteiger partial charge in [-0.1, -0.05) is 0 Å². The van der Waals surface area contributed by atoms with E-state index in [0.29, 0.717) is 5.56 Å². The molecular formula is C9H7N5O3S. The lowest BCUT2D eigenvalue weighted by atomic mass is 10.1. The number of H-pyrrole nitrogens is 1. The Hall–Kier alpha value is -2.55. The first-order valence-electron chi connectivity index (χ1n) is 4.72. The van der Waals surface area contributed by atoms with E-state index >= 15 is 0 Å². The van der Waals surface area contributed by atoms with Crippen molar-refractivity contribution < 1.29 is 4.92 Å². The molecule has 3 N–H and O–H groups in total. The summed E-state index contributed by atoms with van der Waals surface area (Å²) in [6, 6.07) is 5.38.